The van der Waals surface area contributed by atoms with Gasteiger partial charge in [0, 0.05) is 28.7 Å². The van der Waals surface area contributed by atoms with Crippen LogP contribution >= 0.6 is 0 Å². The van der Waals surface area contributed by atoms with Crippen molar-refractivity contribution in [3.8, 4) is 34.0 Å². The van der Waals surface area contributed by atoms with Crippen LogP contribution < -0.4 is 0 Å². The average molecular weight is 581 g/mol. The summed E-state index contributed by atoms with van der Waals surface area (Å²) in [6.45, 7) is 6.27. The van der Waals surface area contributed by atoms with E-state index in [1.165, 1.54) is 0 Å². The average Bonchev–Trinajstić information content (AvgIpc) is 3.48. The molecule has 5 rings (SSSR count). The van der Waals surface area contributed by atoms with E-state index in [4.69, 9.17) is 4.52 Å². The number of nitrogens with zero attached hydrogens (tertiary/aromatic N) is 2. The van der Waals surface area contributed by atoms with Crippen LogP contribution in [0.2, 0.25) is 0 Å². The van der Waals surface area contributed by atoms with Crippen LogP contribution in [0.15, 0.2) is 95.5 Å². The zero-order valence-corrected chi connectivity index (χ0v) is 24.0. The van der Waals surface area contributed by atoms with E-state index in [1.54, 1.807) is 60.7 Å². The van der Waals surface area contributed by atoms with Crippen molar-refractivity contribution in [2.45, 2.75) is 39.0 Å². The number of aromatic nitrogens is 2. The number of halogens is 2. The van der Waals surface area contributed by atoms with Gasteiger partial charge in [0.25, 0.3) is 5.89 Å². The molecule has 5 aromatic rings. The number of ketones is 1. The second-order valence-corrected chi connectivity index (χ2v) is 11.5. The SMILES string of the molecule is CC(C)(C)c1ccc(C(=O)C[C@@H](Cc2ccc(-c3noc(-c4ccc(-c5cc(F)ccc5F)cc4)n3)cc2)C(=O)O)cc1. The fourth-order valence-corrected chi connectivity index (χ4v) is 4.79. The Kier molecular flexibility index (Phi) is 8.30. The van der Waals surface area contributed by atoms with E-state index in [9.17, 15) is 23.5 Å². The van der Waals surface area contributed by atoms with Crippen molar-refractivity contribution in [3.63, 3.8) is 0 Å². The van der Waals surface area contributed by atoms with Gasteiger partial charge in [0.2, 0.25) is 5.82 Å². The van der Waals surface area contributed by atoms with E-state index >= 15 is 0 Å². The number of carboxylic acid groups (broad SMARTS) is 1. The predicted octanol–water partition coefficient (Wildman–Crippen LogP) is 8.16. The third kappa shape index (κ3) is 6.92. The summed E-state index contributed by atoms with van der Waals surface area (Å²) in [5.41, 5.74) is 4.26. The largest absolute Gasteiger partial charge is 0.481 e. The fraction of sp³-hybridized carbons (Fsp3) is 0.200. The molecule has 4 aromatic carbocycles. The van der Waals surface area contributed by atoms with Gasteiger partial charge in [-0.15, -0.1) is 0 Å². The van der Waals surface area contributed by atoms with Gasteiger partial charge in [-0.2, -0.15) is 4.98 Å². The smallest absolute Gasteiger partial charge is 0.307 e. The first-order valence-electron chi connectivity index (χ1n) is 13.8. The molecule has 0 saturated carbocycles. The number of carbonyl (C=O) groups excluding carboxylic acids is 1. The minimum atomic E-state index is -1.03. The molecule has 1 atom stereocenters. The highest BCUT2D eigenvalue weighted by Crippen LogP contribution is 2.29. The van der Waals surface area contributed by atoms with Crippen LogP contribution in [0.3, 0.4) is 0 Å². The molecule has 0 aliphatic carbocycles. The summed E-state index contributed by atoms with van der Waals surface area (Å²) in [7, 11) is 0. The van der Waals surface area contributed by atoms with Gasteiger partial charge in [-0.05, 0) is 58.9 Å². The molecule has 8 heteroatoms. The molecule has 0 spiro atoms. The number of carbonyl (C=O) groups is 2. The molecular weight excluding hydrogens is 550 g/mol. The van der Waals surface area contributed by atoms with Crippen LogP contribution in [0.25, 0.3) is 34.0 Å². The Balaban J connectivity index is 1.25. The van der Waals surface area contributed by atoms with E-state index < -0.39 is 23.5 Å². The van der Waals surface area contributed by atoms with Gasteiger partial charge in [-0.25, -0.2) is 8.78 Å². The Morgan fingerprint density at radius 3 is 2.09 bits per heavy atom. The predicted molar refractivity (Wildman–Crippen MR) is 159 cm³/mol. The van der Waals surface area contributed by atoms with Crippen LogP contribution in [-0.2, 0) is 16.6 Å². The van der Waals surface area contributed by atoms with Gasteiger partial charge in [-0.3, -0.25) is 9.59 Å². The molecular formula is C35H30F2N2O4. The Morgan fingerprint density at radius 2 is 1.47 bits per heavy atom. The number of carboxylic acids is 1. The van der Waals surface area contributed by atoms with Crippen LogP contribution in [0.5, 0.6) is 0 Å². The number of Topliss-reactive ketones (excluding diaryl/α,β-unsaturated/α-hetero) is 1. The van der Waals surface area contributed by atoms with E-state index in [-0.39, 0.29) is 35.5 Å². The molecule has 1 heterocycles. The highest BCUT2D eigenvalue weighted by molar-refractivity contribution is 5.98. The topological polar surface area (TPSA) is 93.3 Å². The van der Waals surface area contributed by atoms with Crippen molar-refractivity contribution in [2.24, 2.45) is 5.92 Å². The Labute approximate surface area is 248 Å². The summed E-state index contributed by atoms with van der Waals surface area (Å²) in [4.78, 5) is 29.3. The van der Waals surface area contributed by atoms with E-state index in [0.29, 0.717) is 28.1 Å². The minimum absolute atomic E-state index is 0.0425. The maximum atomic E-state index is 14.1. The Hall–Kier alpha value is -4.98. The Bertz CT molecular complexity index is 1750. The summed E-state index contributed by atoms with van der Waals surface area (Å²) in [5, 5.41) is 13.9. The molecule has 1 N–H and O–H groups in total. The molecule has 0 bridgehead atoms. The van der Waals surface area contributed by atoms with Gasteiger partial charge < -0.3 is 9.63 Å². The van der Waals surface area contributed by atoms with Gasteiger partial charge in [-0.1, -0.05) is 86.6 Å². The van der Waals surface area contributed by atoms with Crippen molar-refractivity contribution in [1.29, 1.82) is 0 Å². The van der Waals surface area contributed by atoms with Gasteiger partial charge in [0.05, 0.1) is 5.92 Å². The molecule has 0 amide bonds. The third-order valence-corrected chi connectivity index (χ3v) is 7.35. The van der Waals surface area contributed by atoms with Crippen LogP contribution in [-0.4, -0.2) is 27.0 Å². The van der Waals surface area contributed by atoms with Crippen LogP contribution in [0, 0.1) is 17.6 Å². The van der Waals surface area contributed by atoms with Crippen molar-refractivity contribution < 1.29 is 28.0 Å². The normalized spacial score (nSPS) is 12.2. The molecule has 0 aliphatic rings. The lowest BCUT2D eigenvalue weighted by molar-refractivity contribution is -0.141. The highest BCUT2D eigenvalue weighted by atomic mass is 19.1. The molecule has 0 fully saturated rings. The molecule has 6 nitrogen and oxygen atoms in total. The lowest BCUT2D eigenvalue weighted by Gasteiger charge is -2.19. The fourth-order valence-electron chi connectivity index (χ4n) is 4.79. The Morgan fingerprint density at radius 1 is 0.837 bits per heavy atom. The van der Waals surface area contributed by atoms with Crippen molar-refractivity contribution in [3.05, 3.63) is 119 Å². The highest BCUT2D eigenvalue weighted by Gasteiger charge is 2.23. The summed E-state index contributed by atoms with van der Waals surface area (Å²) in [5.74, 6) is -2.57. The van der Waals surface area contributed by atoms with E-state index in [1.807, 2.05) is 12.1 Å². The second kappa shape index (κ2) is 12.1. The molecule has 0 saturated heterocycles. The lowest BCUT2D eigenvalue weighted by Crippen LogP contribution is -2.20. The second-order valence-electron chi connectivity index (χ2n) is 11.5. The number of benzene rings is 4. The lowest BCUT2D eigenvalue weighted by atomic mass is 9.86. The summed E-state index contributed by atoms with van der Waals surface area (Å²) in [6, 6.07) is 24.4. The first-order chi connectivity index (χ1) is 20.5. The first-order valence-corrected chi connectivity index (χ1v) is 13.8. The molecule has 0 radical (unpaired) electrons. The summed E-state index contributed by atoms with van der Waals surface area (Å²) >= 11 is 0. The molecule has 0 unspecified atom stereocenters. The zero-order valence-electron chi connectivity index (χ0n) is 24.0. The number of aliphatic carboxylic acids is 1. The first kappa shape index (κ1) is 29.5. The molecule has 0 aliphatic heterocycles. The van der Waals surface area contributed by atoms with Crippen LogP contribution in [0.4, 0.5) is 8.78 Å². The maximum Gasteiger partial charge on any atom is 0.307 e. The van der Waals surface area contributed by atoms with Crippen LogP contribution in [0.1, 0.15) is 48.7 Å². The monoisotopic (exact) mass is 580 g/mol. The van der Waals surface area contributed by atoms with Gasteiger partial charge >= 0.3 is 5.97 Å². The molecule has 43 heavy (non-hydrogen) atoms. The third-order valence-electron chi connectivity index (χ3n) is 7.35. The maximum absolute atomic E-state index is 14.1. The van der Waals surface area contributed by atoms with Crippen molar-refractivity contribution >= 4 is 11.8 Å². The quantitative estimate of drug-likeness (QED) is 0.177. The zero-order chi connectivity index (χ0) is 30.7. The molecule has 218 valence electrons. The standard InChI is InChI=1S/C35H30F2N2O4/c1-35(2,3)27-14-12-23(13-15-27)31(40)19-26(34(41)42)18-21-4-6-24(7-5-21)32-38-33(43-39-32)25-10-8-22(9-11-25)29-20-28(36)16-17-30(29)37/h4-17,20,26H,18-19H2,1-3H3,(H,41,42)/t26-/m1/s1. The minimum Gasteiger partial charge on any atom is -0.481 e. The number of rotatable bonds is 9. The van der Waals surface area contributed by atoms with E-state index in [0.717, 1.165) is 29.3 Å². The summed E-state index contributed by atoms with van der Waals surface area (Å²) < 4.78 is 33.1. The van der Waals surface area contributed by atoms with Gasteiger partial charge in [0.1, 0.15) is 11.6 Å². The number of hydrogen-bond donors (Lipinski definition) is 1. The van der Waals surface area contributed by atoms with Gasteiger partial charge in [0.15, 0.2) is 5.78 Å². The van der Waals surface area contributed by atoms with Crippen molar-refractivity contribution in [1.82, 2.24) is 10.1 Å². The summed E-state index contributed by atoms with van der Waals surface area (Å²) in [6.07, 6.45) is 0.0853. The molecule has 1 aromatic heterocycles. The van der Waals surface area contributed by atoms with E-state index in [2.05, 4.69) is 30.9 Å². The number of hydrogen-bond acceptors (Lipinski definition) is 5. The van der Waals surface area contributed by atoms with Crippen molar-refractivity contribution in [2.75, 3.05) is 0 Å².